The number of para-hydroxylation sites is 1. The molecule has 2 aliphatic rings. The summed E-state index contributed by atoms with van der Waals surface area (Å²) >= 11 is 0. The van der Waals surface area contributed by atoms with Crippen LogP contribution in [0.25, 0.3) is 0 Å². The van der Waals surface area contributed by atoms with Gasteiger partial charge in [0.15, 0.2) is 0 Å². The number of piperidine rings is 1. The number of nitrogens with zero attached hydrogens (tertiary/aromatic N) is 2. The van der Waals surface area contributed by atoms with Gasteiger partial charge in [-0.1, -0.05) is 31.2 Å². The predicted octanol–water partition coefficient (Wildman–Crippen LogP) is 3.82. The summed E-state index contributed by atoms with van der Waals surface area (Å²) in [6.07, 6.45) is 6.68. The molecule has 3 amide bonds. The number of carbonyl (C=O) groups is 3. The van der Waals surface area contributed by atoms with Crippen molar-refractivity contribution < 1.29 is 19.1 Å². The van der Waals surface area contributed by atoms with Gasteiger partial charge in [0, 0.05) is 30.9 Å². The minimum absolute atomic E-state index is 0.0873. The van der Waals surface area contributed by atoms with Crippen molar-refractivity contribution in [2.75, 3.05) is 18.0 Å². The molecular formula is C25H35N3O4. The van der Waals surface area contributed by atoms with Crippen LogP contribution in [0.5, 0.6) is 0 Å². The molecular weight excluding hydrogens is 406 g/mol. The van der Waals surface area contributed by atoms with Crippen molar-refractivity contribution >= 4 is 23.6 Å². The van der Waals surface area contributed by atoms with Gasteiger partial charge < -0.3 is 15.0 Å². The van der Waals surface area contributed by atoms with Gasteiger partial charge in [0.1, 0.15) is 11.6 Å². The van der Waals surface area contributed by atoms with Crippen molar-refractivity contribution in [3.8, 4) is 0 Å². The van der Waals surface area contributed by atoms with E-state index < -0.39 is 17.7 Å². The molecule has 0 aliphatic carbocycles. The van der Waals surface area contributed by atoms with Crippen LogP contribution in [0, 0.1) is 0 Å². The molecule has 7 heteroatoms. The van der Waals surface area contributed by atoms with Crippen molar-refractivity contribution in [1.29, 1.82) is 0 Å². The normalized spacial score (nSPS) is 19.6. The van der Waals surface area contributed by atoms with Crippen molar-refractivity contribution in [2.24, 2.45) is 0 Å². The lowest BCUT2D eigenvalue weighted by Crippen LogP contribution is -2.54. The summed E-state index contributed by atoms with van der Waals surface area (Å²) in [7, 11) is 0. The number of anilines is 1. The van der Waals surface area contributed by atoms with Gasteiger partial charge in [-0.3, -0.25) is 14.5 Å². The third-order valence-electron chi connectivity index (χ3n) is 5.83. The summed E-state index contributed by atoms with van der Waals surface area (Å²) in [5.41, 5.74) is 1.52. The second-order valence-electron chi connectivity index (χ2n) is 9.44. The Kier molecular flexibility index (Phi) is 7.59. The maximum Gasteiger partial charge on any atom is 0.410 e. The Balaban J connectivity index is 1.62. The highest BCUT2D eigenvalue weighted by atomic mass is 16.6. The van der Waals surface area contributed by atoms with Crippen LogP contribution in [0.3, 0.4) is 0 Å². The number of likely N-dealkylation sites (tertiary alicyclic amines) is 1. The smallest absolute Gasteiger partial charge is 0.410 e. The fourth-order valence-electron chi connectivity index (χ4n) is 4.16. The van der Waals surface area contributed by atoms with Crippen LogP contribution < -0.4 is 10.2 Å². The lowest BCUT2D eigenvalue weighted by atomic mass is 10.0. The first-order chi connectivity index (χ1) is 15.2. The maximum absolute atomic E-state index is 13.0. The van der Waals surface area contributed by atoms with Crippen LogP contribution in [-0.4, -0.2) is 53.6 Å². The van der Waals surface area contributed by atoms with E-state index in [9.17, 15) is 14.4 Å². The number of benzene rings is 1. The number of fused-ring (bicyclic) bond motifs is 1. The lowest BCUT2D eigenvalue weighted by Gasteiger charge is -2.36. The molecule has 1 aromatic carbocycles. The maximum atomic E-state index is 13.0. The highest BCUT2D eigenvalue weighted by Gasteiger charge is 2.35. The largest absolute Gasteiger partial charge is 0.444 e. The molecule has 1 fully saturated rings. The van der Waals surface area contributed by atoms with E-state index in [1.165, 1.54) is 10.5 Å². The summed E-state index contributed by atoms with van der Waals surface area (Å²) in [5.74, 6) is -0.290. The van der Waals surface area contributed by atoms with E-state index in [1.54, 1.807) is 17.1 Å². The van der Waals surface area contributed by atoms with Crippen molar-refractivity contribution in [3.05, 3.63) is 42.0 Å². The number of hydrogen-bond donors (Lipinski definition) is 1. The molecule has 0 spiro atoms. The van der Waals surface area contributed by atoms with Crippen LogP contribution in [0.15, 0.2) is 36.4 Å². The summed E-state index contributed by atoms with van der Waals surface area (Å²) in [5, 5.41) is 3.00. The van der Waals surface area contributed by atoms with Crippen LogP contribution in [0.1, 0.15) is 58.9 Å². The standard InChI is InChI=1S/C25H35N3O4/c1-5-19(13-14-22(29)27-17-15-18-10-6-7-11-20(18)27)26-23(30)21-12-8-9-16-28(21)24(31)32-25(2,3)4/h6-7,10-11,13-14,19,21H,5,8-9,12,15-17H2,1-4H3,(H,26,30). The SMILES string of the molecule is CCC(C=CC(=O)N1CCc2ccccc21)NC(=O)C1CCCCN1C(=O)OC(C)(C)C. The molecule has 32 heavy (non-hydrogen) atoms. The van der Waals surface area contributed by atoms with Gasteiger partial charge in [-0.25, -0.2) is 4.79 Å². The Bertz CT molecular complexity index is 874. The van der Waals surface area contributed by atoms with Crippen molar-refractivity contribution in [1.82, 2.24) is 10.2 Å². The van der Waals surface area contributed by atoms with Crippen LogP contribution in [-0.2, 0) is 20.7 Å². The van der Waals surface area contributed by atoms with Crippen molar-refractivity contribution in [3.63, 3.8) is 0 Å². The van der Waals surface area contributed by atoms with Gasteiger partial charge in [0.05, 0.1) is 0 Å². The van der Waals surface area contributed by atoms with Gasteiger partial charge in [-0.15, -0.1) is 0 Å². The zero-order valence-corrected chi connectivity index (χ0v) is 19.6. The number of carbonyl (C=O) groups excluding carboxylic acids is 3. The first kappa shape index (κ1) is 23.8. The second kappa shape index (κ2) is 10.2. The Morgan fingerprint density at radius 2 is 1.94 bits per heavy atom. The molecule has 0 bridgehead atoms. The predicted molar refractivity (Wildman–Crippen MR) is 124 cm³/mol. The van der Waals surface area contributed by atoms with Gasteiger partial charge in [-0.2, -0.15) is 0 Å². The molecule has 2 heterocycles. The first-order valence-electron chi connectivity index (χ1n) is 11.6. The molecule has 2 atom stereocenters. The second-order valence-corrected chi connectivity index (χ2v) is 9.44. The van der Waals surface area contributed by atoms with E-state index in [2.05, 4.69) is 5.32 Å². The molecule has 3 rings (SSSR count). The Morgan fingerprint density at radius 1 is 1.19 bits per heavy atom. The van der Waals surface area contributed by atoms with Crippen molar-refractivity contribution in [2.45, 2.75) is 77.5 Å². The first-order valence-corrected chi connectivity index (χ1v) is 11.6. The van der Waals surface area contributed by atoms with Gasteiger partial charge in [0.2, 0.25) is 5.91 Å². The van der Waals surface area contributed by atoms with Gasteiger partial charge in [-0.05, 0) is 64.5 Å². The summed E-state index contributed by atoms with van der Waals surface area (Å²) in [6.45, 7) is 8.58. The number of rotatable bonds is 5. The molecule has 1 aromatic rings. The zero-order valence-electron chi connectivity index (χ0n) is 19.6. The van der Waals surface area contributed by atoms with E-state index in [-0.39, 0.29) is 17.9 Å². The number of ether oxygens (including phenoxy) is 1. The molecule has 2 aliphatic heterocycles. The fraction of sp³-hybridized carbons (Fsp3) is 0.560. The molecule has 2 unspecified atom stereocenters. The lowest BCUT2D eigenvalue weighted by molar-refractivity contribution is -0.128. The molecule has 174 valence electrons. The number of hydrogen-bond acceptors (Lipinski definition) is 4. The Labute approximate surface area is 190 Å². The monoisotopic (exact) mass is 441 g/mol. The average Bonchev–Trinajstić information content (AvgIpc) is 3.19. The molecule has 0 radical (unpaired) electrons. The van der Waals surface area contributed by atoms with E-state index in [0.29, 0.717) is 25.9 Å². The highest BCUT2D eigenvalue weighted by Crippen LogP contribution is 2.27. The van der Waals surface area contributed by atoms with E-state index in [0.717, 1.165) is 24.9 Å². The topological polar surface area (TPSA) is 79.0 Å². The Morgan fingerprint density at radius 3 is 2.66 bits per heavy atom. The van der Waals surface area contributed by atoms with Crippen LogP contribution >= 0.6 is 0 Å². The third kappa shape index (κ3) is 5.90. The van der Waals surface area contributed by atoms with E-state index in [1.807, 2.05) is 52.0 Å². The summed E-state index contributed by atoms with van der Waals surface area (Å²) in [4.78, 5) is 41.7. The highest BCUT2D eigenvalue weighted by molar-refractivity contribution is 6.03. The summed E-state index contributed by atoms with van der Waals surface area (Å²) < 4.78 is 5.50. The Hall–Kier alpha value is -2.83. The molecule has 1 N–H and O–H groups in total. The minimum atomic E-state index is -0.612. The number of nitrogens with one attached hydrogen (secondary N) is 1. The van der Waals surface area contributed by atoms with E-state index in [4.69, 9.17) is 4.74 Å². The minimum Gasteiger partial charge on any atom is -0.444 e. The molecule has 1 saturated heterocycles. The quantitative estimate of drug-likeness (QED) is 0.705. The number of amides is 3. The van der Waals surface area contributed by atoms with Gasteiger partial charge in [0.25, 0.3) is 5.91 Å². The summed E-state index contributed by atoms with van der Waals surface area (Å²) in [6, 6.07) is 7.08. The van der Waals surface area contributed by atoms with Crippen LogP contribution in [0.4, 0.5) is 10.5 Å². The molecule has 0 saturated carbocycles. The van der Waals surface area contributed by atoms with Crippen LogP contribution in [0.2, 0.25) is 0 Å². The zero-order chi connectivity index (χ0) is 23.3. The average molecular weight is 442 g/mol. The third-order valence-corrected chi connectivity index (χ3v) is 5.83. The molecule has 0 aromatic heterocycles. The van der Waals surface area contributed by atoms with Gasteiger partial charge >= 0.3 is 6.09 Å². The molecule has 7 nitrogen and oxygen atoms in total. The van der Waals surface area contributed by atoms with E-state index >= 15 is 0 Å². The fourth-order valence-corrected chi connectivity index (χ4v) is 4.16.